The van der Waals surface area contributed by atoms with Gasteiger partial charge in [-0.3, -0.25) is 0 Å². The molecule has 1 rings (SSSR count). The summed E-state index contributed by atoms with van der Waals surface area (Å²) in [5, 5.41) is 4.02. The van der Waals surface area contributed by atoms with Crippen LogP contribution in [0.25, 0.3) is 0 Å². The molecular formula is C10H13BrClN. The Labute approximate surface area is 92.6 Å². The zero-order valence-corrected chi connectivity index (χ0v) is 10.1. The summed E-state index contributed by atoms with van der Waals surface area (Å²) in [6.07, 6.45) is 1.06. The topological polar surface area (TPSA) is 12.0 Å². The highest BCUT2D eigenvalue weighted by Crippen LogP contribution is 2.25. The Hall–Kier alpha value is -0.0500. The van der Waals surface area contributed by atoms with Crippen molar-refractivity contribution in [1.82, 2.24) is 5.32 Å². The Balaban J connectivity index is 2.99. The molecule has 13 heavy (non-hydrogen) atoms. The maximum atomic E-state index is 5.95. The highest BCUT2D eigenvalue weighted by atomic mass is 79.9. The van der Waals surface area contributed by atoms with Gasteiger partial charge >= 0.3 is 0 Å². The van der Waals surface area contributed by atoms with Gasteiger partial charge in [-0.25, -0.2) is 0 Å². The van der Waals surface area contributed by atoms with Crippen LogP contribution in [0.15, 0.2) is 22.7 Å². The summed E-state index contributed by atoms with van der Waals surface area (Å²) in [4.78, 5) is 0. The molecule has 0 aliphatic carbocycles. The van der Waals surface area contributed by atoms with Gasteiger partial charge in [-0.2, -0.15) is 0 Å². The van der Waals surface area contributed by atoms with E-state index in [1.165, 1.54) is 5.56 Å². The van der Waals surface area contributed by atoms with Gasteiger partial charge in [-0.1, -0.05) is 34.5 Å². The van der Waals surface area contributed by atoms with Crippen LogP contribution in [-0.2, 0) is 0 Å². The molecule has 1 atom stereocenters. The molecular weight excluding hydrogens is 249 g/mol. The molecule has 1 aromatic carbocycles. The summed E-state index contributed by atoms with van der Waals surface area (Å²) in [6.45, 7) is 2.15. The molecule has 1 N–H and O–H groups in total. The lowest BCUT2D eigenvalue weighted by Gasteiger charge is -2.14. The van der Waals surface area contributed by atoms with Gasteiger partial charge in [-0.05, 0) is 37.2 Å². The van der Waals surface area contributed by atoms with Crippen LogP contribution in [0.1, 0.15) is 24.9 Å². The average molecular weight is 263 g/mol. The number of halogens is 2. The first kappa shape index (κ1) is 11.0. The van der Waals surface area contributed by atoms with Gasteiger partial charge in [-0.15, -0.1) is 0 Å². The average Bonchev–Trinajstić information content (AvgIpc) is 2.04. The van der Waals surface area contributed by atoms with E-state index in [0.717, 1.165) is 15.9 Å². The number of rotatable bonds is 3. The number of hydrogen-bond donors (Lipinski definition) is 1. The van der Waals surface area contributed by atoms with Crippen molar-refractivity contribution in [3.8, 4) is 0 Å². The van der Waals surface area contributed by atoms with Crippen LogP contribution in [0.4, 0.5) is 0 Å². The minimum Gasteiger partial charge on any atom is -0.313 e. The van der Waals surface area contributed by atoms with Gasteiger partial charge in [0.1, 0.15) is 0 Å². The summed E-state index contributed by atoms with van der Waals surface area (Å²) in [7, 11) is 1.96. The molecule has 0 aliphatic rings. The molecule has 3 heteroatoms. The van der Waals surface area contributed by atoms with Gasteiger partial charge in [0.2, 0.25) is 0 Å². The summed E-state index contributed by atoms with van der Waals surface area (Å²) in [5.41, 5.74) is 1.23. The van der Waals surface area contributed by atoms with Gasteiger partial charge in [0.15, 0.2) is 0 Å². The van der Waals surface area contributed by atoms with E-state index < -0.39 is 0 Å². The second kappa shape index (κ2) is 4.99. The molecule has 0 bridgehead atoms. The van der Waals surface area contributed by atoms with Crippen LogP contribution in [0.3, 0.4) is 0 Å². The second-order valence-electron chi connectivity index (χ2n) is 2.95. The highest BCUT2D eigenvalue weighted by molar-refractivity contribution is 9.10. The van der Waals surface area contributed by atoms with E-state index in [9.17, 15) is 0 Å². The van der Waals surface area contributed by atoms with Crippen molar-refractivity contribution in [2.75, 3.05) is 7.05 Å². The molecule has 0 fully saturated rings. The van der Waals surface area contributed by atoms with E-state index in [0.29, 0.717) is 6.04 Å². The van der Waals surface area contributed by atoms with Crippen molar-refractivity contribution in [3.05, 3.63) is 33.3 Å². The third-order valence-electron chi connectivity index (χ3n) is 2.04. The lowest BCUT2D eigenvalue weighted by molar-refractivity contribution is 0.577. The van der Waals surface area contributed by atoms with Crippen molar-refractivity contribution < 1.29 is 0 Å². The summed E-state index contributed by atoms with van der Waals surface area (Å²) in [5.74, 6) is 0. The molecule has 1 unspecified atom stereocenters. The molecule has 0 radical (unpaired) electrons. The van der Waals surface area contributed by atoms with E-state index in [2.05, 4.69) is 34.2 Å². The Morgan fingerprint density at radius 3 is 2.62 bits per heavy atom. The molecule has 0 spiro atoms. The molecule has 0 saturated heterocycles. The van der Waals surface area contributed by atoms with Crippen LogP contribution in [0.2, 0.25) is 5.02 Å². The molecule has 0 heterocycles. The van der Waals surface area contributed by atoms with E-state index in [4.69, 9.17) is 11.6 Å². The van der Waals surface area contributed by atoms with E-state index in [1.54, 1.807) is 0 Å². The van der Waals surface area contributed by atoms with Crippen LogP contribution >= 0.6 is 27.5 Å². The van der Waals surface area contributed by atoms with Gasteiger partial charge in [0.05, 0.1) is 0 Å². The Bertz CT molecular complexity index is 264. The van der Waals surface area contributed by atoms with Gasteiger partial charge in [0, 0.05) is 15.5 Å². The van der Waals surface area contributed by atoms with Crippen molar-refractivity contribution in [2.45, 2.75) is 19.4 Å². The zero-order valence-electron chi connectivity index (χ0n) is 7.77. The van der Waals surface area contributed by atoms with Gasteiger partial charge in [0.25, 0.3) is 0 Å². The number of benzene rings is 1. The van der Waals surface area contributed by atoms with Crippen molar-refractivity contribution in [1.29, 1.82) is 0 Å². The predicted octanol–water partition coefficient (Wildman–Crippen LogP) is 3.77. The molecule has 0 saturated carbocycles. The Kier molecular flexibility index (Phi) is 4.23. The lowest BCUT2D eigenvalue weighted by Crippen LogP contribution is -2.15. The maximum absolute atomic E-state index is 5.95. The minimum absolute atomic E-state index is 0.384. The zero-order chi connectivity index (χ0) is 9.84. The molecule has 0 aliphatic heterocycles. The maximum Gasteiger partial charge on any atom is 0.0420 e. The fourth-order valence-corrected chi connectivity index (χ4v) is 2.27. The SMILES string of the molecule is CCC(NC)c1cc(Cl)cc(Br)c1. The molecule has 1 nitrogen and oxygen atoms in total. The Morgan fingerprint density at radius 1 is 1.46 bits per heavy atom. The summed E-state index contributed by atoms with van der Waals surface area (Å²) < 4.78 is 1.03. The molecule has 1 aromatic rings. The van der Waals surface area contributed by atoms with Crippen LogP contribution < -0.4 is 5.32 Å². The first-order valence-corrected chi connectivity index (χ1v) is 5.47. The van der Waals surface area contributed by atoms with E-state index >= 15 is 0 Å². The van der Waals surface area contributed by atoms with Crippen molar-refractivity contribution in [3.63, 3.8) is 0 Å². The normalized spacial score (nSPS) is 12.9. The third kappa shape index (κ3) is 2.97. The van der Waals surface area contributed by atoms with E-state index in [-0.39, 0.29) is 0 Å². The highest BCUT2D eigenvalue weighted by Gasteiger charge is 2.07. The predicted molar refractivity (Wildman–Crippen MR) is 61.2 cm³/mol. The largest absolute Gasteiger partial charge is 0.313 e. The summed E-state index contributed by atoms with van der Waals surface area (Å²) in [6, 6.07) is 6.37. The van der Waals surface area contributed by atoms with Crippen LogP contribution in [0, 0.1) is 0 Å². The second-order valence-corrected chi connectivity index (χ2v) is 4.30. The first-order chi connectivity index (χ1) is 6.17. The number of nitrogens with one attached hydrogen (secondary N) is 1. The quantitative estimate of drug-likeness (QED) is 0.874. The molecule has 72 valence electrons. The smallest absolute Gasteiger partial charge is 0.0420 e. The molecule has 0 aromatic heterocycles. The van der Waals surface area contributed by atoms with Crippen molar-refractivity contribution >= 4 is 27.5 Å². The van der Waals surface area contributed by atoms with Crippen LogP contribution in [-0.4, -0.2) is 7.05 Å². The molecule has 0 amide bonds. The monoisotopic (exact) mass is 261 g/mol. The minimum atomic E-state index is 0.384. The van der Waals surface area contributed by atoms with E-state index in [1.807, 2.05) is 19.2 Å². The van der Waals surface area contributed by atoms with Crippen molar-refractivity contribution in [2.24, 2.45) is 0 Å². The fraction of sp³-hybridized carbons (Fsp3) is 0.400. The van der Waals surface area contributed by atoms with Crippen LogP contribution in [0.5, 0.6) is 0 Å². The lowest BCUT2D eigenvalue weighted by atomic mass is 10.1. The Morgan fingerprint density at radius 2 is 2.15 bits per heavy atom. The fourth-order valence-electron chi connectivity index (χ4n) is 1.38. The number of hydrogen-bond acceptors (Lipinski definition) is 1. The third-order valence-corrected chi connectivity index (χ3v) is 2.72. The van der Waals surface area contributed by atoms with Gasteiger partial charge < -0.3 is 5.32 Å². The standard InChI is InChI=1S/C10H13BrClN/c1-3-10(13-2)7-4-8(11)6-9(12)5-7/h4-6,10,13H,3H2,1-2H3. The summed E-state index contributed by atoms with van der Waals surface area (Å²) >= 11 is 9.38. The first-order valence-electron chi connectivity index (χ1n) is 4.30.